The Hall–Kier alpha value is -1.62. The van der Waals surface area contributed by atoms with Crippen LogP contribution in [0.5, 0.6) is 0 Å². The van der Waals surface area contributed by atoms with Gasteiger partial charge in [-0.1, -0.05) is 0 Å². The average molecular weight is 275 g/mol. The van der Waals surface area contributed by atoms with Gasteiger partial charge in [-0.25, -0.2) is 4.98 Å². The number of pyridine rings is 1. The van der Waals surface area contributed by atoms with Crippen molar-refractivity contribution in [1.29, 1.82) is 0 Å². The number of hydrogen-bond acceptors (Lipinski definition) is 4. The zero-order chi connectivity index (χ0) is 13.8. The van der Waals surface area contributed by atoms with Gasteiger partial charge in [-0.2, -0.15) is 0 Å². The number of nitrogens with zero attached hydrogens (tertiary/aromatic N) is 2. The van der Waals surface area contributed by atoms with E-state index < -0.39 is 0 Å². The molecule has 1 N–H and O–H groups in total. The second kappa shape index (κ2) is 6.22. The van der Waals surface area contributed by atoms with Gasteiger partial charge in [0.2, 0.25) is 0 Å². The molecular formula is C15H21N3O2. The molecule has 108 valence electrons. The maximum absolute atomic E-state index is 12.1. The molecule has 3 heterocycles. The van der Waals surface area contributed by atoms with Crippen molar-refractivity contribution in [2.45, 2.75) is 31.8 Å². The van der Waals surface area contributed by atoms with Crippen LogP contribution in [0.2, 0.25) is 0 Å². The lowest BCUT2D eigenvalue weighted by Gasteiger charge is -2.15. The summed E-state index contributed by atoms with van der Waals surface area (Å²) < 4.78 is 5.56. The summed E-state index contributed by atoms with van der Waals surface area (Å²) in [5, 5.41) is 3.31. The summed E-state index contributed by atoms with van der Waals surface area (Å²) in [5.41, 5.74) is 1.48. The van der Waals surface area contributed by atoms with E-state index in [4.69, 9.17) is 4.74 Å². The predicted molar refractivity (Wildman–Crippen MR) is 76.8 cm³/mol. The first-order chi connectivity index (χ1) is 9.83. The van der Waals surface area contributed by atoms with Gasteiger partial charge in [0, 0.05) is 26.2 Å². The third-order valence-electron chi connectivity index (χ3n) is 3.93. The van der Waals surface area contributed by atoms with E-state index in [9.17, 15) is 4.79 Å². The number of ether oxygens (including phenoxy) is 1. The van der Waals surface area contributed by atoms with Gasteiger partial charge in [0.15, 0.2) is 0 Å². The van der Waals surface area contributed by atoms with Crippen LogP contribution < -0.4 is 5.32 Å². The average Bonchev–Trinajstić information content (AvgIpc) is 3.18. The molecule has 2 aliphatic heterocycles. The minimum absolute atomic E-state index is 0.0492. The van der Waals surface area contributed by atoms with Crippen molar-refractivity contribution < 1.29 is 9.53 Å². The Bertz CT molecular complexity index is 449. The lowest BCUT2D eigenvalue weighted by Crippen LogP contribution is -2.28. The van der Waals surface area contributed by atoms with Gasteiger partial charge in [-0.15, -0.1) is 0 Å². The van der Waals surface area contributed by atoms with Gasteiger partial charge in [-0.3, -0.25) is 4.79 Å². The molecule has 5 nitrogen and oxygen atoms in total. The lowest BCUT2D eigenvalue weighted by molar-refractivity contribution is 0.0787. The van der Waals surface area contributed by atoms with E-state index >= 15 is 0 Å². The number of carbonyl (C=O) groups excluding carboxylic acids is 1. The van der Waals surface area contributed by atoms with Crippen molar-refractivity contribution >= 4 is 11.6 Å². The van der Waals surface area contributed by atoms with Gasteiger partial charge < -0.3 is 15.0 Å². The molecule has 0 aromatic carbocycles. The van der Waals surface area contributed by atoms with Crippen LogP contribution in [0.1, 0.15) is 36.2 Å². The highest BCUT2D eigenvalue weighted by molar-refractivity contribution is 5.92. The molecule has 0 saturated carbocycles. The molecule has 1 aromatic rings. The van der Waals surface area contributed by atoms with Crippen molar-refractivity contribution in [2.75, 3.05) is 31.6 Å². The van der Waals surface area contributed by atoms with Crippen LogP contribution in [0.25, 0.3) is 0 Å². The summed E-state index contributed by atoms with van der Waals surface area (Å²) in [5.74, 6) is 0.0492. The quantitative estimate of drug-likeness (QED) is 0.912. The largest absolute Gasteiger partial charge is 0.381 e. The fraction of sp³-hybridized carbons (Fsp3) is 0.600. The fourth-order valence-corrected chi connectivity index (χ4v) is 2.74. The van der Waals surface area contributed by atoms with E-state index in [-0.39, 0.29) is 5.91 Å². The van der Waals surface area contributed by atoms with Gasteiger partial charge in [0.25, 0.3) is 5.91 Å². The number of aromatic nitrogens is 1. The minimum Gasteiger partial charge on any atom is -0.381 e. The molecule has 5 heteroatoms. The summed E-state index contributed by atoms with van der Waals surface area (Å²) in [6.45, 7) is 3.40. The minimum atomic E-state index is 0.0492. The van der Waals surface area contributed by atoms with Gasteiger partial charge in [-0.05, 0) is 37.8 Å². The van der Waals surface area contributed by atoms with E-state index in [0.717, 1.165) is 57.6 Å². The summed E-state index contributed by atoms with van der Waals surface area (Å²) in [7, 11) is 0. The highest BCUT2D eigenvalue weighted by atomic mass is 16.5. The number of anilines is 1. The Balaban J connectivity index is 1.54. The Morgan fingerprint density at radius 2 is 2.20 bits per heavy atom. The zero-order valence-electron chi connectivity index (χ0n) is 11.7. The molecule has 0 aliphatic carbocycles. The number of amides is 1. The second-order valence-electron chi connectivity index (χ2n) is 5.45. The smallest absolute Gasteiger partial charge is 0.272 e. The Labute approximate surface area is 119 Å². The first-order valence-electron chi connectivity index (χ1n) is 7.44. The van der Waals surface area contributed by atoms with E-state index in [0.29, 0.717) is 11.8 Å². The Morgan fingerprint density at radius 1 is 1.35 bits per heavy atom. The topological polar surface area (TPSA) is 54.5 Å². The van der Waals surface area contributed by atoms with Crippen molar-refractivity contribution in [2.24, 2.45) is 0 Å². The lowest BCUT2D eigenvalue weighted by atomic mass is 10.2. The monoisotopic (exact) mass is 275 g/mol. The van der Waals surface area contributed by atoms with Gasteiger partial charge >= 0.3 is 0 Å². The molecule has 1 unspecified atom stereocenters. The van der Waals surface area contributed by atoms with Crippen LogP contribution in [0, 0.1) is 0 Å². The van der Waals surface area contributed by atoms with Gasteiger partial charge in [0.1, 0.15) is 5.69 Å². The summed E-state index contributed by atoms with van der Waals surface area (Å²) in [6, 6.07) is 3.73. The summed E-state index contributed by atoms with van der Waals surface area (Å²) in [6.07, 6.45) is 6.51. The normalized spacial score (nSPS) is 22.2. The summed E-state index contributed by atoms with van der Waals surface area (Å²) >= 11 is 0. The van der Waals surface area contributed by atoms with Crippen LogP contribution in [0.4, 0.5) is 5.69 Å². The molecule has 2 fully saturated rings. The first-order valence-corrected chi connectivity index (χ1v) is 7.44. The standard InChI is InChI=1S/C15H21N3O2/c19-15(18-7-1-2-8-18)14-6-5-12(10-17-14)16-11-13-4-3-9-20-13/h5-6,10,13,16H,1-4,7-9,11H2. The third kappa shape index (κ3) is 3.10. The van der Waals surface area contributed by atoms with Crippen molar-refractivity contribution in [3.8, 4) is 0 Å². The van der Waals surface area contributed by atoms with E-state index in [2.05, 4.69) is 10.3 Å². The summed E-state index contributed by atoms with van der Waals surface area (Å²) in [4.78, 5) is 18.3. The SMILES string of the molecule is O=C(c1ccc(NCC2CCCO2)cn1)N1CCCC1. The molecule has 0 spiro atoms. The fourth-order valence-electron chi connectivity index (χ4n) is 2.74. The molecule has 2 saturated heterocycles. The van der Waals surface area contributed by atoms with Crippen LogP contribution in [-0.2, 0) is 4.74 Å². The maximum atomic E-state index is 12.1. The molecule has 0 radical (unpaired) electrons. The van der Waals surface area contributed by atoms with E-state index in [1.165, 1.54) is 0 Å². The highest BCUT2D eigenvalue weighted by Crippen LogP contribution is 2.15. The van der Waals surface area contributed by atoms with Crippen LogP contribution in [-0.4, -0.2) is 48.1 Å². The molecule has 1 atom stereocenters. The van der Waals surface area contributed by atoms with Crippen molar-refractivity contribution in [3.05, 3.63) is 24.0 Å². The number of carbonyl (C=O) groups is 1. The van der Waals surface area contributed by atoms with Crippen molar-refractivity contribution in [3.63, 3.8) is 0 Å². The van der Waals surface area contributed by atoms with E-state index in [1.54, 1.807) is 12.3 Å². The zero-order valence-corrected chi connectivity index (χ0v) is 11.7. The third-order valence-corrected chi connectivity index (χ3v) is 3.93. The van der Waals surface area contributed by atoms with Crippen LogP contribution in [0.3, 0.4) is 0 Å². The molecular weight excluding hydrogens is 254 g/mol. The Morgan fingerprint density at radius 3 is 2.85 bits per heavy atom. The van der Waals surface area contributed by atoms with Crippen LogP contribution in [0.15, 0.2) is 18.3 Å². The van der Waals surface area contributed by atoms with E-state index in [1.807, 2.05) is 11.0 Å². The molecule has 20 heavy (non-hydrogen) atoms. The Kier molecular flexibility index (Phi) is 4.16. The maximum Gasteiger partial charge on any atom is 0.272 e. The molecule has 2 aliphatic rings. The van der Waals surface area contributed by atoms with Crippen LogP contribution >= 0.6 is 0 Å². The second-order valence-corrected chi connectivity index (χ2v) is 5.45. The highest BCUT2D eigenvalue weighted by Gasteiger charge is 2.20. The molecule has 1 aromatic heterocycles. The number of nitrogens with one attached hydrogen (secondary N) is 1. The number of hydrogen-bond donors (Lipinski definition) is 1. The molecule has 3 rings (SSSR count). The first kappa shape index (κ1) is 13.4. The predicted octanol–water partition coefficient (Wildman–Crippen LogP) is 1.91. The van der Waals surface area contributed by atoms with Gasteiger partial charge in [0.05, 0.1) is 18.0 Å². The van der Waals surface area contributed by atoms with Crippen molar-refractivity contribution in [1.82, 2.24) is 9.88 Å². The number of rotatable bonds is 4. The number of likely N-dealkylation sites (tertiary alicyclic amines) is 1. The molecule has 0 bridgehead atoms. The molecule has 1 amide bonds.